The summed E-state index contributed by atoms with van der Waals surface area (Å²) in [4.78, 5) is 18.4. The Morgan fingerprint density at radius 2 is 2.23 bits per heavy atom. The van der Waals surface area contributed by atoms with Crippen LogP contribution >= 0.6 is 0 Å². The Balaban J connectivity index is 1.70. The molecule has 1 saturated heterocycles. The summed E-state index contributed by atoms with van der Waals surface area (Å²) >= 11 is 0. The highest BCUT2D eigenvalue weighted by Gasteiger charge is 2.27. The fourth-order valence-electron chi connectivity index (χ4n) is 3.12. The molecular weight excluding hydrogens is 280 g/mol. The molecule has 1 amide bonds. The molecule has 1 aliphatic rings. The first-order valence-electron chi connectivity index (χ1n) is 7.76. The summed E-state index contributed by atoms with van der Waals surface area (Å²) in [5.41, 5.74) is 2.17. The number of aromatic nitrogens is 5. The number of hydrogen-bond donors (Lipinski definition) is 0. The molecule has 0 unspecified atom stereocenters. The molecule has 2 aromatic heterocycles. The number of aryl methyl sites for hydroxylation is 2. The van der Waals surface area contributed by atoms with Crippen LogP contribution in [-0.4, -0.2) is 47.9 Å². The molecule has 1 fully saturated rings. The van der Waals surface area contributed by atoms with Gasteiger partial charge in [-0.3, -0.25) is 9.48 Å². The molecule has 118 valence electrons. The lowest BCUT2D eigenvalue weighted by Crippen LogP contribution is -2.47. The van der Waals surface area contributed by atoms with Crippen LogP contribution in [0.15, 0.2) is 18.7 Å². The highest BCUT2D eigenvalue weighted by molar-refractivity contribution is 5.76. The van der Waals surface area contributed by atoms with Gasteiger partial charge in [0.2, 0.25) is 5.91 Å². The molecule has 0 N–H and O–H groups in total. The Morgan fingerprint density at radius 3 is 2.91 bits per heavy atom. The van der Waals surface area contributed by atoms with E-state index in [1.165, 1.54) is 6.33 Å². The summed E-state index contributed by atoms with van der Waals surface area (Å²) in [6.07, 6.45) is 6.30. The maximum absolute atomic E-state index is 12.6. The van der Waals surface area contributed by atoms with Gasteiger partial charge < -0.3 is 4.90 Å². The summed E-state index contributed by atoms with van der Waals surface area (Å²) in [5, 5.41) is 8.54. The number of carbonyl (C=O) groups is 1. The topological polar surface area (TPSA) is 68.8 Å². The number of piperidine rings is 1. The van der Waals surface area contributed by atoms with Crippen LogP contribution in [0.3, 0.4) is 0 Å². The number of hydrogen-bond acceptors (Lipinski definition) is 4. The predicted octanol–water partition coefficient (Wildman–Crippen LogP) is 1.17. The van der Waals surface area contributed by atoms with Gasteiger partial charge in [0.1, 0.15) is 19.2 Å². The largest absolute Gasteiger partial charge is 0.336 e. The van der Waals surface area contributed by atoms with E-state index in [9.17, 15) is 4.79 Å². The molecule has 22 heavy (non-hydrogen) atoms. The minimum atomic E-state index is 0.108. The molecule has 0 aliphatic carbocycles. The Hall–Kier alpha value is -2.18. The van der Waals surface area contributed by atoms with Crippen LogP contribution in [0.25, 0.3) is 0 Å². The molecule has 7 heteroatoms. The van der Waals surface area contributed by atoms with Crippen LogP contribution in [0.2, 0.25) is 0 Å². The van der Waals surface area contributed by atoms with E-state index in [1.807, 2.05) is 16.5 Å². The number of carbonyl (C=O) groups excluding carboxylic acids is 1. The van der Waals surface area contributed by atoms with Crippen molar-refractivity contribution in [3.05, 3.63) is 30.1 Å². The first kappa shape index (κ1) is 14.7. The van der Waals surface area contributed by atoms with Crippen molar-refractivity contribution in [3.63, 3.8) is 0 Å². The van der Waals surface area contributed by atoms with Crippen LogP contribution in [0, 0.1) is 13.8 Å². The smallest absolute Gasteiger partial charge is 0.244 e. The minimum Gasteiger partial charge on any atom is -0.336 e. The van der Waals surface area contributed by atoms with Crippen molar-refractivity contribution in [2.75, 3.05) is 6.54 Å². The van der Waals surface area contributed by atoms with Crippen LogP contribution in [0.1, 0.15) is 30.7 Å². The zero-order valence-electron chi connectivity index (χ0n) is 13.1. The lowest BCUT2D eigenvalue weighted by atomic mass is 10.0. The van der Waals surface area contributed by atoms with Gasteiger partial charge in [-0.05, 0) is 39.2 Å². The zero-order chi connectivity index (χ0) is 15.5. The quantitative estimate of drug-likeness (QED) is 0.850. The van der Waals surface area contributed by atoms with Gasteiger partial charge in [0.15, 0.2) is 0 Å². The second-order valence-electron chi connectivity index (χ2n) is 5.94. The van der Waals surface area contributed by atoms with Crippen molar-refractivity contribution in [1.82, 2.24) is 29.4 Å². The highest BCUT2D eigenvalue weighted by Crippen LogP contribution is 2.20. The molecule has 0 radical (unpaired) electrons. The van der Waals surface area contributed by atoms with Gasteiger partial charge in [-0.25, -0.2) is 9.67 Å². The maximum atomic E-state index is 12.6. The summed E-state index contributed by atoms with van der Waals surface area (Å²) < 4.78 is 3.60. The first-order chi connectivity index (χ1) is 10.6. The molecule has 3 heterocycles. The van der Waals surface area contributed by atoms with E-state index in [0.29, 0.717) is 0 Å². The number of nitrogens with zero attached hydrogens (tertiary/aromatic N) is 6. The Morgan fingerprint density at radius 1 is 1.36 bits per heavy atom. The molecule has 0 spiro atoms. The highest BCUT2D eigenvalue weighted by atomic mass is 16.2. The lowest BCUT2D eigenvalue weighted by molar-refractivity contribution is -0.136. The fourth-order valence-corrected chi connectivity index (χ4v) is 3.12. The molecule has 3 rings (SSSR count). The van der Waals surface area contributed by atoms with Gasteiger partial charge in [0.25, 0.3) is 0 Å². The third-order valence-corrected chi connectivity index (χ3v) is 4.20. The number of likely N-dealkylation sites (tertiary alicyclic amines) is 1. The Kier molecular flexibility index (Phi) is 4.22. The SMILES string of the molecule is Cc1cc(C)n(C[C@H]2CCCCN2C(=O)Cn2cncn2)n1. The average Bonchev–Trinajstić information content (AvgIpc) is 3.10. The van der Waals surface area contributed by atoms with Crippen LogP contribution < -0.4 is 0 Å². The van der Waals surface area contributed by atoms with E-state index < -0.39 is 0 Å². The van der Waals surface area contributed by atoms with Crippen molar-refractivity contribution >= 4 is 5.91 Å². The van der Waals surface area contributed by atoms with E-state index in [1.54, 1.807) is 11.0 Å². The molecule has 7 nitrogen and oxygen atoms in total. The average molecular weight is 302 g/mol. The second kappa shape index (κ2) is 6.29. The van der Waals surface area contributed by atoms with Crippen molar-refractivity contribution in [2.45, 2.75) is 52.2 Å². The normalized spacial score (nSPS) is 18.6. The van der Waals surface area contributed by atoms with Crippen LogP contribution in [0.4, 0.5) is 0 Å². The zero-order valence-corrected chi connectivity index (χ0v) is 13.1. The van der Waals surface area contributed by atoms with Crippen molar-refractivity contribution in [3.8, 4) is 0 Å². The van der Waals surface area contributed by atoms with Gasteiger partial charge in [0, 0.05) is 12.2 Å². The number of rotatable bonds is 4. The first-order valence-corrected chi connectivity index (χ1v) is 7.76. The summed E-state index contributed by atoms with van der Waals surface area (Å²) in [6.45, 7) is 5.90. The van der Waals surface area contributed by atoms with Gasteiger partial charge >= 0.3 is 0 Å². The van der Waals surface area contributed by atoms with E-state index in [4.69, 9.17) is 0 Å². The monoisotopic (exact) mass is 302 g/mol. The third kappa shape index (κ3) is 3.18. The van der Waals surface area contributed by atoms with Gasteiger partial charge in [-0.2, -0.15) is 10.2 Å². The lowest BCUT2D eigenvalue weighted by Gasteiger charge is -2.36. The standard InChI is InChI=1S/C15H22N6O/c1-12-7-13(2)21(18-12)8-14-5-3-4-6-20(14)15(22)9-19-11-16-10-17-19/h7,10-11,14H,3-6,8-9H2,1-2H3/t14-/m1/s1. The molecule has 0 aromatic carbocycles. The van der Waals surface area contributed by atoms with Crippen molar-refractivity contribution in [2.24, 2.45) is 0 Å². The van der Waals surface area contributed by atoms with E-state index in [0.717, 1.165) is 43.7 Å². The van der Waals surface area contributed by atoms with Gasteiger partial charge in [-0.1, -0.05) is 0 Å². The molecule has 0 saturated carbocycles. The molecular formula is C15H22N6O. The van der Waals surface area contributed by atoms with Crippen molar-refractivity contribution < 1.29 is 4.79 Å². The Bertz CT molecular complexity index is 633. The number of amides is 1. The third-order valence-electron chi connectivity index (χ3n) is 4.20. The van der Waals surface area contributed by atoms with Crippen LogP contribution in [0.5, 0.6) is 0 Å². The van der Waals surface area contributed by atoms with E-state index in [2.05, 4.69) is 28.2 Å². The maximum Gasteiger partial charge on any atom is 0.244 e. The molecule has 1 aliphatic heterocycles. The summed E-state index contributed by atoms with van der Waals surface area (Å²) in [5.74, 6) is 0.108. The summed E-state index contributed by atoms with van der Waals surface area (Å²) in [6, 6.07) is 2.28. The van der Waals surface area contributed by atoms with Crippen molar-refractivity contribution in [1.29, 1.82) is 0 Å². The van der Waals surface area contributed by atoms with E-state index in [-0.39, 0.29) is 18.5 Å². The second-order valence-corrected chi connectivity index (χ2v) is 5.94. The molecule has 1 atom stereocenters. The minimum absolute atomic E-state index is 0.108. The Labute approximate surface area is 129 Å². The van der Waals surface area contributed by atoms with E-state index >= 15 is 0 Å². The molecule has 2 aromatic rings. The predicted molar refractivity (Wildman–Crippen MR) is 81.1 cm³/mol. The molecule has 0 bridgehead atoms. The van der Waals surface area contributed by atoms with Crippen LogP contribution in [-0.2, 0) is 17.9 Å². The fraction of sp³-hybridized carbons (Fsp3) is 0.600. The summed E-state index contributed by atoms with van der Waals surface area (Å²) in [7, 11) is 0. The van der Waals surface area contributed by atoms with Gasteiger partial charge in [-0.15, -0.1) is 0 Å². The van der Waals surface area contributed by atoms with Gasteiger partial charge in [0.05, 0.1) is 18.3 Å².